The fraction of sp³-hybridized carbons (Fsp3) is 0.273. The summed E-state index contributed by atoms with van der Waals surface area (Å²) in [5, 5.41) is 10.4. The molecule has 0 saturated heterocycles. The number of carboxylic acid groups (broad SMARTS) is 1. The van der Waals surface area contributed by atoms with Gasteiger partial charge in [0.2, 0.25) is 0 Å². The van der Waals surface area contributed by atoms with Gasteiger partial charge in [-0.3, -0.25) is 4.79 Å². The summed E-state index contributed by atoms with van der Waals surface area (Å²) in [7, 11) is 1.22. The van der Waals surface area contributed by atoms with Crippen LogP contribution in [0, 0.1) is 5.82 Å². The lowest BCUT2D eigenvalue weighted by Crippen LogP contribution is -2.42. The first kappa shape index (κ1) is 13.9. The van der Waals surface area contributed by atoms with Crippen LogP contribution in [-0.2, 0) is 4.79 Å². The van der Waals surface area contributed by atoms with E-state index in [0.29, 0.717) is 0 Å². The van der Waals surface area contributed by atoms with E-state index in [4.69, 9.17) is 5.11 Å². The number of carboxylic acids is 1. The maximum absolute atomic E-state index is 13.7. The Morgan fingerprint density at radius 1 is 1.50 bits per heavy atom. The highest BCUT2D eigenvalue weighted by Gasteiger charge is 2.23. The summed E-state index contributed by atoms with van der Waals surface area (Å²) >= 11 is 0. The Labute approximate surface area is 101 Å². The Hall–Kier alpha value is -2.18. The van der Waals surface area contributed by atoms with Crippen LogP contribution in [0.25, 0.3) is 0 Å². The van der Waals surface area contributed by atoms with Crippen molar-refractivity contribution in [2.45, 2.75) is 6.04 Å². The number of amides is 1. The zero-order valence-electron chi connectivity index (χ0n) is 9.44. The van der Waals surface area contributed by atoms with Crippen molar-refractivity contribution >= 4 is 11.9 Å². The van der Waals surface area contributed by atoms with Gasteiger partial charge in [-0.2, -0.15) is 0 Å². The minimum Gasteiger partial charge on any atom is -0.494 e. The molecule has 1 atom stereocenters. The zero-order valence-corrected chi connectivity index (χ0v) is 9.44. The van der Waals surface area contributed by atoms with Crippen molar-refractivity contribution < 1.29 is 28.2 Å². The van der Waals surface area contributed by atoms with Gasteiger partial charge in [-0.05, 0) is 12.1 Å². The minimum absolute atomic E-state index is 0.158. The second-order valence-electron chi connectivity index (χ2n) is 3.34. The van der Waals surface area contributed by atoms with Crippen molar-refractivity contribution in [3.63, 3.8) is 0 Å². The largest absolute Gasteiger partial charge is 0.494 e. The summed E-state index contributed by atoms with van der Waals surface area (Å²) in [6.07, 6.45) is 0. The highest BCUT2D eigenvalue weighted by Crippen LogP contribution is 2.19. The highest BCUT2D eigenvalue weighted by atomic mass is 19.1. The highest BCUT2D eigenvalue weighted by molar-refractivity contribution is 5.97. The molecular formula is C11H11F2NO4. The van der Waals surface area contributed by atoms with E-state index >= 15 is 0 Å². The van der Waals surface area contributed by atoms with Gasteiger partial charge in [-0.1, -0.05) is 6.07 Å². The van der Waals surface area contributed by atoms with Crippen LogP contribution in [0.1, 0.15) is 10.4 Å². The number of aliphatic carboxylic acids is 1. The quantitative estimate of drug-likeness (QED) is 0.826. The topological polar surface area (TPSA) is 75.6 Å². The van der Waals surface area contributed by atoms with E-state index in [1.54, 1.807) is 0 Å². The van der Waals surface area contributed by atoms with Crippen molar-refractivity contribution in [2.24, 2.45) is 0 Å². The summed E-state index contributed by atoms with van der Waals surface area (Å²) in [5.41, 5.74) is -0.408. The van der Waals surface area contributed by atoms with Gasteiger partial charge in [-0.15, -0.1) is 0 Å². The Kier molecular flexibility index (Phi) is 4.59. The molecule has 1 aromatic carbocycles. The molecular weight excluding hydrogens is 248 g/mol. The van der Waals surface area contributed by atoms with E-state index in [9.17, 15) is 18.4 Å². The third-order valence-corrected chi connectivity index (χ3v) is 2.19. The standard InChI is InChI=1S/C11H11F2NO4/c1-18-8-4-2-3-6(9(8)13)10(15)14-7(5-12)11(16)17/h2-4,7H,5H2,1H3,(H,14,15)(H,16,17). The molecule has 1 aromatic rings. The second-order valence-corrected chi connectivity index (χ2v) is 3.34. The van der Waals surface area contributed by atoms with Crippen LogP contribution in [-0.4, -0.2) is 36.8 Å². The maximum Gasteiger partial charge on any atom is 0.328 e. The number of hydrogen-bond acceptors (Lipinski definition) is 3. The molecule has 98 valence electrons. The normalized spacial score (nSPS) is 11.7. The smallest absolute Gasteiger partial charge is 0.328 e. The summed E-state index contributed by atoms with van der Waals surface area (Å²) in [4.78, 5) is 22.1. The van der Waals surface area contributed by atoms with Gasteiger partial charge >= 0.3 is 5.97 Å². The van der Waals surface area contributed by atoms with Gasteiger partial charge in [0.15, 0.2) is 17.6 Å². The summed E-state index contributed by atoms with van der Waals surface area (Å²) in [6, 6.07) is 2.10. The summed E-state index contributed by atoms with van der Waals surface area (Å²) in [5.74, 6) is -3.64. The first-order valence-electron chi connectivity index (χ1n) is 4.93. The SMILES string of the molecule is COc1cccc(C(=O)NC(CF)C(=O)O)c1F. The van der Waals surface area contributed by atoms with Crippen molar-refractivity contribution in [2.75, 3.05) is 13.8 Å². The van der Waals surface area contributed by atoms with Crippen molar-refractivity contribution in [3.05, 3.63) is 29.6 Å². The Morgan fingerprint density at radius 3 is 2.67 bits per heavy atom. The molecule has 2 N–H and O–H groups in total. The van der Waals surface area contributed by atoms with E-state index in [1.165, 1.54) is 19.2 Å². The molecule has 18 heavy (non-hydrogen) atoms. The molecule has 0 fully saturated rings. The fourth-order valence-electron chi connectivity index (χ4n) is 1.25. The van der Waals surface area contributed by atoms with Gasteiger partial charge in [0.25, 0.3) is 5.91 Å². The number of alkyl halides is 1. The molecule has 0 radical (unpaired) electrons. The fourth-order valence-corrected chi connectivity index (χ4v) is 1.25. The van der Waals surface area contributed by atoms with E-state index in [-0.39, 0.29) is 5.75 Å². The summed E-state index contributed by atoms with van der Waals surface area (Å²) in [6.45, 7) is -1.29. The molecule has 0 aliphatic heterocycles. The predicted octanol–water partition coefficient (Wildman–Crippen LogP) is 0.987. The van der Waals surface area contributed by atoms with Crippen molar-refractivity contribution in [1.82, 2.24) is 5.32 Å². The number of benzene rings is 1. The number of carbonyl (C=O) groups is 2. The molecule has 0 heterocycles. The number of halogens is 2. The third-order valence-electron chi connectivity index (χ3n) is 2.19. The van der Waals surface area contributed by atoms with Crippen LogP contribution in [0.4, 0.5) is 8.78 Å². The molecule has 0 spiro atoms. The molecule has 1 unspecified atom stereocenters. The van der Waals surface area contributed by atoms with Gasteiger partial charge in [0.05, 0.1) is 12.7 Å². The molecule has 1 rings (SSSR count). The monoisotopic (exact) mass is 259 g/mol. The average molecular weight is 259 g/mol. The number of methoxy groups -OCH3 is 1. The van der Waals surface area contributed by atoms with E-state index in [0.717, 1.165) is 6.07 Å². The van der Waals surface area contributed by atoms with Crippen molar-refractivity contribution in [3.8, 4) is 5.75 Å². The van der Waals surface area contributed by atoms with Gasteiger partial charge in [-0.25, -0.2) is 13.6 Å². The van der Waals surface area contributed by atoms with Gasteiger partial charge in [0.1, 0.15) is 6.67 Å². The Balaban J connectivity index is 2.94. The average Bonchev–Trinajstić information content (AvgIpc) is 2.35. The van der Waals surface area contributed by atoms with Crippen LogP contribution in [0.15, 0.2) is 18.2 Å². The van der Waals surface area contributed by atoms with Crippen LogP contribution in [0.3, 0.4) is 0 Å². The van der Waals surface area contributed by atoms with E-state index in [2.05, 4.69) is 4.74 Å². The molecule has 0 bridgehead atoms. The molecule has 0 aliphatic carbocycles. The number of carbonyl (C=O) groups excluding carboxylic acids is 1. The van der Waals surface area contributed by atoms with Crippen LogP contribution >= 0.6 is 0 Å². The van der Waals surface area contributed by atoms with Crippen LogP contribution in [0.5, 0.6) is 5.75 Å². The second kappa shape index (κ2) is 5.95. The number of ether oxygens (including phenoxy) is 1. The molecule has 5 nitrogen and oxygen atoms in total. The first-order valence-corrected chi connectivity index (χ1v) is 4.93. The number of rotatable bonds is 5. The lowest BCUT2D eigenvalue weighted by atomic mass is 10.1. The lowest BCUT2D eigenvalue weighted by Gasteiger charge is -2.12. The molecule has 0 aromatic heterocycles. The van der Waals surface area contributed by atoms with Gasteiger partial charge < -0.3 is 15.2 Å². The minimum atomic E-state index is -1.71. The van der Waals surface area contributed by atoms with Crippen LogP contribution < -0.4 is 10.1 Å². The van der Waals surface area contributed by atoms with Gasteiger partial charge in [0, 0.05) is 0 Å². The number of hydrogen-bond donors (Lipinski definition) is 2. The van der Waals surface area contributed by atoms with E-state index in [1.807, 2.05) is 5.32 Å². The number of nitrogens with one attached hydrogen (secondary N) is 1. The zero-order chi connectivity index (χ0) is 13.7. The third kappa shape index (κ3) is 2.93. The molecule has 7 heteroatoms. The summed E-state index contributed by atoms with van der Waals surface area (Å²) < 4.78 is 30.6. The maximum atomic E-state index is 13.7. The van der Waals surface area contributed by atoms with E-state index < -0.39 is 36.0 Å². The van der Waals surface area contributed by atoms with Crippen LogP contribution in [0.2, 0.25) is 0 Å². The Morgan fingerprint density at radius 2 is 2.17 bits per heavy atom. The van der Waals surface area contributed by atoms with Crippen molar-refractivity contribution in [1.29, 1.82) is 0 Å². The molecule has 0 saturated carbocycles. The predicted molar refractivity (Wildman–Crippen MR) is 57.8 cm³/mol. The molecule has 1 amide bonds. The lowest BCUT2D eigenvalue weighted by molar-refractivity contribution is -0.139. The first-order chi connectivity index (χ1) is 8.51. The Bertz CT molecular complexity index is 464. The molecule has 0 aliphatic rings.